The molecule has 12 nitrogen and oxygen atoms in total. The standard InChI is InChI=1S/C10H14N5O7P.3Na.3H/c11-8-5-9(13-2-12-8)15(3-14-5)10-7(17)6(16)4(22-10)1-21-23(18,19)20;;;;;;/h2-4,6-7,10,16-17H,1H2,(H2,11,12,13)(H2,18,19,20);;;;;;/t4-,6?,7?,10-;;;;;;/m1....../s1. The first-order valence-electron chi connectivity index (χ1n) is 6.42. The van der Waals surface area contributed by atoms with E-state index >= 15 is 0 Å². The summed E-state index contributed by atoms with van der Waals surface area (Å²) in [6.07, 6.45) is -2.49. The Morgan fingerprint density at radius 3 is 2.46 bits per heavy atom. The van der Waals surface area contributed by atoms with Crippen LogP contribution in [0.4, 0.5) is 5.82 Å². The van der Waals surface area contributed by atoms with Gasteiger partial charge in [-0.25, -0.2) is 19.5 Å². The number of aliphatic hydroxyl groups is 2. The summed E-state index contributed by atoms with van der Waals surface area (Å²) in [5, 5.41) is 20.1. The zero-order valence-corrected chi connectivity index (χ0v) is 12.4. The fourth-order valence-electron chi connectivity index (χ4n) is 2.32. The maximum atomic E-state index is 10.7. The van der Waals surface area contributed by atoms with Crippen LogP contribution in [0.2, 0.25) is 0 Å². The summed E-state index contributed by atoms with van der Waals surface area (Å²) in [6.45, 7) is -0.594. The van der Waals surface area contributed by atoms with Gasteiger partial charge in [0.2, 0.25) is 0 Å². The Hall–Kier alpha value is 1.34. The quantitative estimate of drug-likeness (QED) is 0.242. The van der Waals surface area contributed by atoms with Gasteiger partial charge in [0.25, 0.3) is 0 Å². The number of phosphoric acid groups is 1. The van der Waals surface area contributed by atoms with Crippen LogP contribution in [0, 0.1) is 0 Å². The molecule has 0 aliphatic carbocycles. The van der Waals surface area contributed by atoms with Gasteiger partial charge < -0.3 is 30.5 Å². The first-order chi connectivity index (χ1) is 10.8. The second-order valence-corrected chi connectivity index (χ2v) is 6.15. The van der Waals surface area contributed by atoms with Gasteiger partial charge in [-0.2, -0.15) is 0 Å². The molecule has 0 radical (unpaired) electrons. The Labute approximate surface area is 214 Å². The van der Waals surface area contributed by atoms with Crippen LogP contribution in [-0.4, -0.2) is 153 Å². The van der Waals surface area contributed by atoms with Crippen molar-refractivity contribution in [3.63, 3.8) is 0 Å². The molecule has 0 saturated carbocycles. The molecule has 1 saturated heterocycles. The van der Waals surface area contributed by atoms with E-state index in [2.05, 4.69) is 19.5 Å². The molecule has 1 aliphatic heterocycles. The number of hydrogen-bond acceptors (Lipinski definition) is 9. The van der Waals surface area contributed by atoms with E-state index in [0.717, 1.165) is 0 Å². The molecule has 6 N–H and O–H groups in total. The number of nitrogens with two attached hydrogens (primary N) is 1. The van der Waals surface area contributed by atoms with Crippen LogP contribution in [-0.2, 0) is 13.8 Å². The molecular weight excluding hydrogens is 402 g/mol. The second-order valence-electron chi connectivity index (χ2n) is 4.92. The Morgan fingerprint density at radius 2 is 1.85 bits per heavy atom. The minimum absolute atomic E-state index is 0. The van der Waals surface area contributed by atoms with Gasteiger partial charge in [0, 0.05) is 0 Å². The van der Waals surface area contributed by atoms with Crippen molar-refractivity contribution in [2.24, 2.45) is 0 Å². The second kappa shape index (κ2) is 10.9. The average Bonchev–Trinajstić information content (AvgIpc) is 3.01. The fraction of sp³-hybridized carbons (Fsp3) is 0.500. The van der Waals surface area contributed by atoms with Gasteiger partial charge in [-0.15, -0.1) is 0 Å². The molecule has 2 unspecified atom stereocenters. The number of rotatable bonds is 4. The summed E-state index contributed by atoms with van der Waals surface area (Å²) in [6, 6.07) is 0. The number of aliphatic hydroxyl groups excluding tert-OH is 2. The molecule has 2 aromatic heterocycles. The van der Waals surface area contributed by atoms with Crippen LogP contribution in [0.1, 0.15) is 6.23 Å². The van der Waals surface area contributed by atoms with E-state index in [1.165, 1.54) is 17.2 Å². The molecule has 2 aromatic rings. The zero-order valence-electron chi connectivity index (χ0n) is 11.5. The minimum atomic E-state index is -4.72. The van der Waals surface area contributed by atoms with Gasteiger partial charge in [-0.3, -0.25) is 9.09 Å². The van der Waals surface area contributed by atoms with E-state index in [4.69, 9.17) is 20.3 Å². The van der Waals surface area contributed by atoms with Crippen molar-refractivity contribution in [3.05, 3.63) is 12.7 Å². The van der Waals surface area contributed by atoms with Crippen LogP contribution < -0.4 is 5.73 Å². The van der Waals surface area contributed by atoms with E-state index < -0.39 is 39.0 Å². The third kappa shape index (κ3) is 5.92. The first kappa shape index (κ1) is 27.3. The van der Waals surface area contributed by atoms with Gasteiger partial charge in [-0.05, 0) is 0 Å². The van der Waals surface area contributed by atoms with E-state index in [1.807, 2.05) is 0 Å². The third-order valence-electron chi connectivity index (χ3n) is 3.41. The van der Waals surface area contributed by atoms with Gasteiger partial charge in [-0.1, -0.05) is 0 Å². The Balaban J connectivity index is 0.00000208. The predicted octanol–water partition coefficient (Wildman–Crippen LogP) is -3.81. The Kier molecular flexibility index (Phi) is 11.5. The molecule has 1 aliphatic rings. The number of anilines is 1. The number of ether oxygens (including phenoxy) is 1. The molecular formula is C10H17N5Na3O7P. The van der Waals surface area contributed by atoms with Crippen molar-refractivity contribution in [2.45, 2.75) is 24.5 Å². The topological polar surface area (TPSA) is 186 Å². The number of hydrogen-bond donors (Lipinski definition) is 5. The molecule has 132 valence electrons. The zero-order chi connectivity index (χ0) is 16.8. The summed E-state index contributed by atoms with van der Waals surface area (Å²) < 4.78 is 21.8. The fourth-order valence-corrected chi connectivity index (χ4v) is 2.66. The predicted molar refractivity (Wildman–Crippen MR) is 95.1 cm³/mol. The number of imidazole rings is 1. The van der Waals surface area contributed by atoms with E-state index in [-0.39, 0.29) is 100 Å². The normalized spacial score (nSPS) is 25.2. The summed E-state index contributed by atoms with van der Waals surface area (Å²) in [4.78, 5) is 29.2. The third-order valence-corrected chi connectivity index (χ3v) is 3.89. The molecule has 3 heterocycles. The summed E-state index contributed by atoms with van der Waals surface area (Å²) >= 11 is 0. The van der Waals surface area contributed by atoms with Crippen molar-refractivity contribution >= 4 is 113 Å². The van der Waals surface area contributed by atoms with E-state index in [0.29, 0.717) is 5.52 Å². The molecule has 0 amide bonds. The molecule has 0 spiro atoms. The van der Waals surface area contributed by atoms with Crippen LogP contribution in [0.3, 0.4) is 0 Å². The number of fused-ring (bicyclic) bond motifs is 1. The number of aromatic nitrogens is 4. The molecule has 16 heteroatoms. The molecule has 1 fully saturated rings. The van der Waals surface area contributed by atoms with Crippen molar-refractivity contribution in [2.75, 3.05) is 12.3 Å². The molecule has 3 rings (SSSR count). The summed E-state index contributed by atoms with van der Waals surface area (Å²) in [7, 11) is -4.72. The Morgan fingerprint density at radius 1 is 1.19 bits per heavy atom. The molecule has 26 heavy (non-hydrogen) atoms. The van der Waals surface area contributed by atoms with Gasteiger partial charge in [0.1, 0.15) is 30.2 Å². The van der Waals surface area contributed by atoms with Crippen molar-refractivity contribution in [1.29, 1.82) is 0 Å². The maximum absolute atomic E-state index is 10.7. The SMILES string of the molecule is Nc1ncnc2c1ncn2[C@@H]1O[C@H](COP(=O)(O)O)C(O)C1O.[NaH].[NaH].[NaH]. The van der Waals surface area contributed by atoms with Gasteiger partial charge in [0.15, 0.2) is 17.7 Å². The monoisotopic (exact) mass is 419 g/mol. The van der Waals surface area contributed by atoms with Crippen LogP contribution in [0.5, 0.6) is 0 Å². The summed E-state index contributed by atoms with van der Waals surface area (Å²) in [5.41, 5.74) is 6.25. The first-order valence-corrected chi connectivity index (χ1v) is 7.95. The van der Waals surface area contributed by atoms with E-state index in [9.17, 15) is 14.8 Å². The molecule has 0 bridgehead atoms. The average molecular weight is 419 g/mol. The van der Waals surface area contributed by atoms with Crippen molar-refractivity contribution < 1.29 is 33.8 Å². The van der Waals surface area contributed by atoms with E-state index in [1.54, 1.807) is 0 Å². The molecule has 0 aromatic carbocycles. The van der Waals surface area contributed by atoms with Crippen LogP contribution >= 0.6 is 7.82 Å². The van der Waals surface area contributed by atoms with Gasteiger partial charge >= 0.3 is 96.5 Å². The number of nitrogens with zero attached hydrogens (tertiary/aromatic N) is 4. The number of nitrogen functional groups attached to an aromatic ring is 1. The van der Waals surface area contributed by atoms with Crippen molar-refractivity contribution in [3.8, 4) is 0 Å². The van der Waals surface area contributed by atoms with Crippen LogP contribution in [0.15, 0.2) is 12.7 Å². The Bertz CT molecular complexity index is 777. The van der Waals surface area contributed by atoms with Gasteiger partial charge in [0.05, 0.1) is 12.9 Å². The van der Waals surface area contributed by atoms with Crippen molar-refractivity contribution in [1.82, 2.24) is 19.5 Å². The number of phosphoric ester groups is 1. The van der Waals surface area contributed by atoms with Crippen LogP contribution in [0.25, 0.3) is 11.2 Å². The molecule has 4 atom stereocenters. The summed E-state index contributed by atoms with van der Waals surface area (Å²) in [5.74, 6) is 0.142.